The molecule has 2 rings (SSSR count). The normalized spacial score (nSPS) is 10.0. The lowest BCUT2D eigenvalue weighted by molar-refractivity contribution is 0.102. The lowest BCUT2D eigenvalue weighted by atomic mass is 10.2. The summed E-state index contributed by atoms with van der Waals surface area (Å²) < 4.78 is 0. The van der Waals surface area contributed by atoms with E-state index in [1.54, 1.807) is 25.5 Å². The van der Waals surface area contributed by atoms with Gasteiger partial charge in [0.25, 0.3) is 5.91 Å². The minimum Gasteiger partial charge on any atom is -0.372 e. The number of hydrogen-bond acceptors (Lipinski definition) is 4. The number of halogens is 1. The summed E-state index contributed by atoms with van der Waals surface area (Å²) >= 11 is 5.93. The minimum atomic E-state index is -0.322. The van der Waals surface area contributed by atoms with Crippen LogP contribution in [0.2, 0.25) is 5.02 Å². The number of hydrogen-bond donors (Lipinski definition) is 3. The number of rotatable bonds is 3. The van der Waals surface area contributed by atoms with Crippen LogP contribution in [0.25, 0.3) is 0 Å². The number of aromatic amines is 1. The van der Waals surface area contributed by atoms with Crippen LogP contribution in [-0.4, -0.2) is 27.9 Å². The van der Waals surface area contributed by atoms with E-state index in [1.165, 1.54) is 6.20 Å². The third kappa shape index (κ3) is 2.54. The fourth-order valence-electron chi connectivity index (χ4n) is 1.26. The maximum absolute atomic E-state index is 11.8. The number of pyridine rings is 1. The van der Waals surface area contributed by atoms with Gasteiger partial charge in [0.2, 0.25) is 5.95 Å². The summed E-state index contributed by atoms with van der Waals surface area (Å²) in [6.45, 7) is 0. The number of nitrogens with zero attached hydrogens (tertiary/aromatic N) is 2. The molecule has 1 amide bonds. The molecule has 7 heteroatoms. The first kappa shape index (κ1) is 11.4. The summed E-state index contributed by atoms with van der Waals surface area (Å²) in [5.74, 6) is 0.585. The minimum absolute atomic E-state index is 0.322. The van der Waals surface area contributed by atoms with Gasteiger partial charge in [-0.3, -0.25) is 10.1 Å². The molecule has 0 aliphatic rings. The quantitative estimate of drug-likeness (QED) is 0.776. The first-order valence-corrected chi connectivity index (χ1v) is 5.22. The highest BCUT2D eigenvalue weighted by Gasteiger charge is 2.10. The topological polar surface area (TPSA) is 82.7 Å². The molecule has 88 valence electrons. The van der Waals surface area contributed by atoms with Crippen molar-refractivity contribution in [2.45, 2.75) is 0 Å². The molecule has 6 nitrogen and oxygen atoms in total. The molecule has 0 saturated heterocycles. The van der Waals surface area contributed by atoms with Crippen LogP contribution in [0.15, 0.2) is 24.7 Å². The van der Waals surface area contributed by atoms with Crippen LogP contribution < -0.4 is 10.6 Å². The molecule has 0 radical (unpaired) electrons. The smallest absolute Gasteiger partial charge is 0.259 e. The Morgan fingerprint density at radius 2 is 2.29 bits per heavy atom. The molecule has 0 spiro atoms. The number of carbonyl (C=O) groups excluding carboxylic acids is 1. The number of imidazole rings is 1. The molecule has 3 N–H and O–H groups in total. The molecule has 0 atom stereocenters. The third-order valence-electron chi connectivity index (χ3n) is 2.07. The van der Waals surface area contributed by atoms with Crippen molar-refractivity contribution < 1.29 is 4.79 Å². The van der Waals surface area contributed by atoms with Crippen LogP contribution in [0.4, 0.5) is 11.8 Å². The Morgan fingerprint density at radius 1 is 1.47 bits per heavy atom. The zero-order valence-corrected chi connectivity index (χ0v) is 9.75. The largest absolute Gasteiger partial charge is 0.372 e. The zero-order chi connectivity index (χ0) is 12.3. The van der Waals surface area contributed by atoms with Crippen molar-refractivity contribution >= 4 is 29.3 Å². The van der Waals surface area contributed by atoms with Crippen molar-refractivity contribution in [3.63, 3.8) is 0 Å². The summed E-state index contributed by atoms with van der Waals surface area (Å²) in [4.78, 5) is 22.4. The fraction of sp³-hybridized carbons (Fsp3) is 0.100. The first-order valence-electron chi connectivity index (χ1n) is 4.84. The molecule has 0 aliphatic carbocycles. The SMILES string of the molecule is CNc1ncc(C(=O)Nc2ncc[nH]2)cc1Cl. The van der Waals surface area contributed by atoms with Gasteiger partial charge in [-0.2, -0.15) is 0 Å². The number of H-pyrrole nitrogens is 1. The van der Waals surface area contributed by atoms with E-state index in [4.69, 9.17) is 11.6 Å². The molecule has 2 heterocycles. The Bertz CT molecular complexity index is 525. The van der Waals surface area contributed by atoms with Gasteiger partial charge >= 0.3 is 0 Å². The van der Waals surface area contributed by atoms with Gasteiger partial charge in [0.05, 0.1) is 10.6 Å². The van der Waals surface area contributed by atoms with E-state index in [1.807, 2.05) is 0 Å². The second-order valence-electron chi connectivity index (χ2n) is 3.20. The van der Waals surface area contributed by atoms with Crippen molar-refractivity contribution in [1.82, 2.24) is 15.0 Å². The zero-order valence-electron chi connectivity index (χ0n) is 8.99. The molecule has 2 aromatic rings. The number of amides is 1. The van der Waals surface area contributed by atoms with E-state index >= 15 is 0 Å². The molecular weight excluding hydrogens is 242 g/mol. The van der Waals surface area contributed by atoms with Crippen molar-refractivity contribution in [3.8, 4) is 0 Å². The summed E-state index contributed by atoms with van der Waals surface area (Å²) in [6.07, 6.45) is 4.60. The summed E-state index contributed by atoms with van der Waals surface area (Å²) in [7, 11) is 1.71. The van der Waals surface area contributed by atoms with Gasteiger partial charge in [-0.15, -0.1) is 0 Å². The maximum Gasteiger partial charge on any atom is 0.259 e. The van der Waals surface area contributed by atoms with Crippen molar-refractivity contribution in [1.29, 1.82) is 0 Å². The molecule has 0 unspecified atom stereocenters. The average Bonchev–Trinajstić information content (AvgIpc) is 2.81. The fourth-order valence-corrected chi connectivity index (χ4v) is 1.52. The first-order chi connectivity index (χ1) is 8.20. The van der Waals surface area contributed by atoms with Gasteiger partial charge in [0.1, 0.15) is 5.82 Å². The predicted molar refractivity (Wildman–Crippen MR) is 65.3 cm³/mol. The van der Waals surface area contributed by atoms with Crippen molar-refractivity contribution in [3.05, 3.63) is 35.2 Å². The highest BCUT2D eigenvalue weighted by molar-refractivity contribution is 6.33. The Morgan fingerprint density at radius 3 is 2.88 bits per heavy atom. The van der Waals surface area contributed by atoms with E-state index in [-0.39, 0.29) is 5.91 Å². The second kappa shape index (κ2) is 4.84. The molecule has 0 bridgehead atoms. The predicted octanol–water partition coefficient (Wildman–Crippen LogP) is 1.75. The van der Waals surface area contributed by atoms with Gasteiger partial charge < -0.3 is 10.3 Å². The number of anilines is 2. The standard InChI is InChI=1S/C10H10ClN5O/c1-12-8-7(11)4-6(5-15-8)9(17)16-10-13-2-3-14-10/h2-5H,1H3,(H,12,15)(H2,13,14,16,17). The number of carbonyl (C=O) groups is 1. The molecule has 0 saturated carbocycles. The van der Waals surface area contributed by atoms with Gasteiger partial charge in [0, 0.05) is 25.6 Å². The third-order valence-corrected chi connectivity index (χ3v) is 2.36. The number of aromatic nitrogens is 3. The van der Waals surface area contributed by atoms with Crippen LogP contribution in [0.5, 0.6) is 0 Å². The Hall–Kier alpha value is -2.08. The molecular formula is C10H10ClN5O. The molecule has 2 aromatic heterocycles. The van der Waals surface area contributed by atoms with E-state index in [0.29, 0.717) is 22.4 Å². The van der Waals surface area contributed by atoms with Gasteiger partial charge in [-0.05, 0) is 6.07 Å². The highest BCUT2D eigenvalue weighted by Crippen LogP contribution is 2.19. The molecule has 0 aromatic carbocycles. The van der Waals surface area contributed by atoms with Crippen LogP contribution in [0, 0.1) is 0 Å². The van der Waals surface area contributed by atoms with Crippen LogP contribution >= 0.6 is 11.6 Å². The summed E-state index contributed by atoms with van der Waals surface area (Å²) in [5.41, 5.74) is 0.366. The van der Waals surface area contributed by atoms with E-state index < -0.39 is 0 Å². The maximum atomic E-state index is 11.8. The van der Waals surface area contributed by atoms with Crippen LogP contribution in [-0.2, 0) is 0 Å². The van der Waals surface area contributed by atoms with Gasteiger partial charge in [-0.25, -0.2) is 9.97 Å². The lowest BCUT2D eigenvalue weighted by Gasteiger charge is -2.05. The Kier molecular flexibility index (Phi) is 3.24. The van der Waals surface area contributed by atoms with Crippen molar-refractivity contribution in [2.24, 2.45) is 0 Å². The van der Waals surface area contributed by atoms with Crippen molar-refractivity contribution in [2.75, 3.05) is 17.7 Å². The van der Waals surface area contributed by atoms with Gasteiger partial charge in [-0.1, -0.05) is 11.6 Å². The van der Waals surface area contributed by atoms with E-state index in [2.05, 4.69) is 25.6 Å². The van der Waals surface area contributed by atoms with E-state index in [9.17, 15) is 4.79 Å². The number of nitrogens with one attached hydrogen (secondary N) is 3. The monoisotopic (exact) mass is 251 g/mol. The highest BCUT2D eigenvalue weighted by atomic mass is 35.5. The summed E-state index contributed by atoms with van der Waals surface area (Å²) in [5, 5.41) is 5.78. The Balaban J connectivity index is 2.17. The summed E-state index contributed by atoms with van der Waals surface area (Å²) in [6, 6.07) is 1.54. The molecule has 0 aliphatic heterocycles. The average molecular weight is 252 g/mol. The van der Waals surface area contributed by atoms with E-state index in [0.717, 1.165) is 0 Å². The van der Waals surface area contributed by atoms with Crippen LogP contribution in [0.3, 0.4) is 0 Å². The lowest BCUT2D eigenvalue weighted by Crippen LogP contribution is -2.13. The van der Waals surface area contributed by atoms with Gasteiger partial charge in [0.15, 0.2) is 0 Å². The van der Waals surface area contributed by atoms with Crippen LogP contribution in [0.1, 0.15) is 10.4 Å². The molecule has 17 heavy (non-hydrogen) atoms. The Labute approximate surface area is 102 Å². The second-order valence-corrected chi connectivity index (χ2v) is 3.60. The molecule has 0 fully saturated rings.